The number of amides is 1. The summed E-state index contributed by atoms with van der Waals surface area (Å²) in [7, 11) is 0. The third-order valence-corrected chi connectivity index (χ3v) is 2.52. The first-order valence-corrected chi connectivity index (χ1v) is 4.49. The zero-order valence-corrected chi connectivity index (χ0v) is 7.19. The van der Waals surface area contributed by atoms with Gasteiger partial charge in [0.05, 0.1) is 5.70 Å². The van der Waals surface area contributed by atoms with Crippen LogP contribution in [-0.4, -0.2) is 11.7 Å². The molecule has 0 radical (unpaired) electrons. The fourth-order valence-electron chi connectivity index (χ4n) is 1.80. The number of carbonyl (C=O) groups is 2. The summed E-state index contributed by atoms with van der Waals surface area (Å²) in [4.78, 5) is 21.7. The van der Waals surface area contributed by atoms with E-state index in [0.717, 1.165) is 12.8 Å². The molecular formula is C9H10N2O2. The van der Waals surface area contributed by atoms with Gasteiger partial charge in [0, 0.05) is 12.0 Å². The van der Waals surface area contributed by atoms with Gasteiger partial charge in [0.1, 0.15) is 0 Å². The van der Waals surface area contributed by atoms with E-state index in [2.05, 4.69) is 10.2 Å². The molecule has 2 aliphatic rings. The molecular weight excluding hydrogens is 168 g/mol. The van der Waals surface area contributed by atoms with Crippen molar-refractivity contribution < 1.29 is 9.59 Å². The van der Waals surface area contributed by atoms with E-state index in [4.69, 9.17) is 0 Å². The van der Waals surface area contributed by atoms with Gasteiger partial charge >= 0.3 is 5.91 Å². The first kappa shape index (κ1) is 8.29. The lowest BCUT2D eigenvalue weighted by Gasteiger charge is -2.09. The van der Waals surface area contributed by atoms with E-state index in [-0.39, 0.29) is 0 Å². The second-order valence-electron chi connectivity index (χ2n) is 3.42. The molecule has 2 rings (SSSR count). The number of hydrogen-bond donors (Lipinski definition) is 0. The summed E-state index contributed by atoms with van der Waals surface area (Å²) in [5.74, 6) is -0.931. The third kappa shape index (κ3) is 1.56. The molecule has 0 bridgehead atoms. The molecule has 13 heavy (non-hydrogen) atoms. The highest BCUT2D eigenvalue weighted by atomic mass is 16.2. The van der Waals surface area contributed by atoms with Crippen LogP contribution in [0.3, 0.4) is 0 Å². The molecule has 1 fully saturated rings. The number of hydrogen-bond acceptors (Lipinski definition) is 3. The Morgan fingerprint density at radius 2 is 1.85 bits per heavy atom. The number of allylic oxidation sites excluding steroid dienone is 1. The van der Waals surface area contributed by atoms with Crippen molar-refractivity contribution >= 4 is 11.7 Å². The average molecular weight is 178 g/mol. The van der Waals surface area contributed by atoms with Crippen molar-refractivity contribution in [2.24, 2.45) is 16.1 Å². The van der Waals surface area contributed by atoms with Crippen molar-refractivity contribution in [3.05, 3.63) is 11.8 Å². The van der Waals surface area contributed by atoms with E-state index >= 15 is 0 Å². The second kappa shape index (κ2) is 3.20. The van der Waals surface area contributed by atoms with E-state index in [1.54, 1.807) is 0 Å². The number of rotatable bonds is 1. The number of nitrogens with zero attached hydrogens (tertiary/aromatic N) is 2. The summed E-state index contributed by atoms with van der Waals surface area (Å²) < 4.78 is 0. The van der Waals surface area contributed by atoms with Crippen molar-refractivity contribution in [2.45, 2.75) is 25.7 Å². The van der Waals surface area contributed by atoms with E-state index in [9.17, 15) is 9.59 Å². The molecule has 4 nitrogen and oxygen atoms in total. The molecule has 0 spiro atoms. The summed E-state index contributed by atoms with van der Waals surface area (Å²) in [5, 5.41) is 7.06. The summed E-state index contributed by atoms with van der Waals surface area (Å²) in [6, 6.07) is 0. The van der Waals surface area contributed by atoms with Gasteiger partial charge in [-0.1, -0.05) is 12.8 Å². The quantitative estimate of drug-likeness (QED) is 0.573. The van der Waals surface area contributed by atoms with E-state index in [0.29, 0.717) is 11.6 Å². The maximum Gasteiger partial charge on any atom is 0.335 e. The predicted octanol–water partition coefficient (Wildman–Crippen LogP) is 1.62. The number of azo groups is 1. The van der Waals surface area contributed by atoms with Gasteiger partial charge in [-0.05, 0) is 12.8 Å². The molecule has 1 aliphatic carbocycles. The molecule has 68 valence electrons. The number of ketones is 1. The van der Waals surface area contributed by atoms with Gasteiger partial charge in [0.15, 0.2) is 0 Å². The second-order valence-corrected chi connectivity index (χ2v) is 3.42. The molecule has 0 aromatic rings. The first-order valence-electron chi connectivity index (χ1n) is 4.49. The summed E-state index contributed by atoms with van der Waals surface area (Å²) in [5.41, 5.74) is 0.696. The maximum atomic E-state index is 11.0. The van der Waals surface area contributed by atoms with Crippen LogP contribution in [0, 0.1) is 5.92 Å². The molecule has 1 heterocycles. The molecule has 1 aliphatic heterocycles. The number of carbonyl (C=O) groups excluding carboxylic acids is 2. The largest absolute Gasteiger partial charge is 0.335 e. The summed E-state index contributed by atoms with van der Waals surface area (Å²) in [6.07, 6.45) is 5.82. The van der Waals surface area contributed by atoms with E-state index < -0.39 is 11.7 Å². The van der Waals surface area contributed by atoms with Gasteiger partial charge < -0.3 is 0 Å². The van der Waals surface area contributed by atoms with Crippen LogP contribution in [0.25, 0.3) is 0 Å². The molecule has 1 amide bonds. The predicted molar refractivity (Wildman–Crippen MR) is 44.9 cm³/mol. The molecule has 4 heteroatoms. The molecule has 0 aromatic carbocycles. The minimum absolute atomic E-state index is 0.348. The highest BCUT2D eigenvalue weighted by molar-refractivity contribution is 6.41. The molecule has 0 saturated heterocycles. The van der Waals surface area contributed by atoms with Gasteiger partial charge in [-0.2, -0.15) is 5.11 Å². The minimum Gasteiger partial charge on any atom is -0.284 e. The van der Waals surface area contributed by atoms with Gasteiger partial charge in [-0.25, -0.2) is 0 Å². The van der Waals surface area contributed by atoms with Crippen molar-refractivity contribution in [1.29, 1.82) is 0 Å². The Hall–Kier alpha value is -1.32. The first-order chi connectivity index (χ1) is 6.27. The lowest BCUT2D eigenvalue weighted by molar-refractivity contribution is -0.133. The molecule has 0 aromatic heterocycles. The van der Waals surface area contributed by atoms with Crippen LogP contribution >= 0.6 is 0 Å². The van der Waals surface area contributed by atoms with E-state index in [1.165, 1.54) is 18.9 Å². The van der Waals surface area contributed by atoms with Gasteiger partial charge in [-0.3, -0.25) is 9.59 Å². The molecule has 0 N–H and O–H groups in total. The monoisotopic (exact) mass is 178 g/mol. The zero-order valence-electron chi connectivity index (χ0n) is 7.19. The fraction of sp³-hybridized carbons (Fsp3) is 0.556. The van der Waals surface area contributed by atoms with Crippen molar-refractivity contribution in [2.75, 3.05) is 0 Å². The Labute approximate surface area is 75.7 Å². The minimum atomic E-state index is -0.748. The van der Waals surface area contributed by atoms with Crippen LogP contribution in [-0.2, 0) is 9.59 Å². The molecule has 1 saturated carbocycles. The van der Waals surface area contributed by atoms with Gasteiger partial charge in [-0.15, -0.1) is 5.11 Å². The highest BCUT2D eigenvalue weighted by Gasteiger charge is 2.24. The van der Waals surface area contributed by atoms with Crippen molar-refractivity contribution in [1.82, 2.24) is 0 Å². The van der Waals surface area contributed by atoms with Crippen LogP contribution in [0.4, 0.5) is 0 Å². The van der Waals surface area contributed by atoms with E-state index in [1.807, 2.05) is 0 Å². The van der Waals surface area contributed by atoms with Gasteiger partial charge in [0.2, 0.25) is 5.78 Å². The Morgan fingerprint density at radius 1 is 1.15 bits per heavy atom. The zero-order chi connectivity index (χ0) is 9.26. The molecule has 0 atom stereocenters. The van der Waals surface area contributed by atoms with Crippen LogP contribution in [0.15, 0.2) is 22.0 Å². The average Bonchev–Trinajstić information content (AvgIpc) is 2.62. The van der Waals surface area contributed by atoms with Crippen LogP contribution in [0.1, 0.15) is 25.7 Å². The topological polar surface area (TPSA) is 58.9 Å². The Kier molecular flexibility index (Phi) is 2.04. The lowest BCUT2D eigenvalue weighted by Crippen LogP contribution is -2.13. The summed E-state index contributed by atoms with van der Waals surface area (Å²) in [6.45, 7) is 0. The Morgan fingerprint density at radius 3 is 2.46 bits per heavy atom. The Balaban J connectivity index is 2.16. The maximum absolute atomic E-state index is 11.0. The molecule has 0 unspecified atom stereocenters. The fourth-order valence-corrected chi connectivity index (χ4v) is 1.80. The van der Waals surface area contributed by atoms with Crippen molar-refractivity contribution in [3.8, 4) is 0 Å². The van der Waals surface area contributed by atoms with Gasteiger partial charge in [0.25, 0.3) is 0 Å². The normalized spacial score (nSPS) is 23.8. The van der Waals surface area contributed by atoms with Crippen LogP contribution in [0.2, 0.25) is 0 Å². The standard InChI is InChI=1S/C9H10N2O2/c12-8-5-7(10-11-9(8)13)6-3-1-2-4-6/h5-6H,1-4H2. The Bertz CT molecular complexity index is 312. The van der Waals surface area contributed by atoms with Crippen molar-refractivity contribution in [3.63, 3.8) is 0 Å². The smallest absolute Gasteiger partial charge is 0.284 e. The van der Waals surface area contributed by atoms with Crippen LogP contribution in [0.5, 0.6) is 0 Å². The SMILES string of the molecule is O=C1C=C(C2CCCC2)N=NC1=O. The third-order valence-electron chi connectivity index (χ3n) is 2.52. The summed E-state index contributed by atoms with van der Waals surface area (Å²) >= 11 is 0. The van der Waals surface area contributed by atoms with Crippen LogP contribution < -0.4 is 0 Å². The highest BCUT2D eigenvalue weighted by Crippen LogP contribution is 2.32. The lowest BCUT2D eigenvalue weighted by atomic mass is 10.0.